The predicted octanol–water partition coefficient (Wildman–Crippen LogP) is 3.70. The first kappa shape index (κ1) is 12.5. The average molecular weight is 268 g/mol. The Balaban J connectivity index is 2.25. The maximum atomic E-state index is 6.14. The van der Waals surface area contributed by atoms with Crippen molar-refractivity contribution in [3.63, 3.8) is 0 Å². The van der Waals surface area contributed by atoms with Gasteiger partial charge in [0.2, 0.25) is 5.89 Å². The van der Waals surface area contributed by atoms with E-state index in [4.69, 9.17) is 14.9 Å². The van der Waals surface area contributed by atoms with E-state index in [1.54, 1.807) is 7.11 Å². The van der Waals surface area contributed by atoms with Crippen LogP contribution in [-0.4, -0.2) is 12.1 Å². The van der Waals surface area contributed by atoms with Crippen LogP contribution in [0.2, 0.25) is 0 Å². The van der Waals surface area contributed by atoms with E-state index >= 15 is 0 Å². The molecule has 0 amide bonds. The molecule has 0 bridgehead atoms. The van der Waals surface area contributed by atoms with E-state index in [2.05, 4.69) is 4.98 Å². The summed E-state index contributed by atoms with van der Waals surface area (Å²) in [6.07, 6.45) is 0. The maximum absolute atomic E-state index is 6.14. The second kappa shape index (κ2) is 4.56. The van der Waals surface area contributed by atoms with Gasteiger partial charge in [-0.1, -0.05) is 12.1 Å². The summed E-state index contributed by atoms with van der Waals surface area (Å²) in [5, 5.41) is 0. The first-order chi connectivity index (χ1) is 9.60. The number of hydrogen-bond acceptors (Lipinski definition) is 4. The average Bonchev–Trinajstić information content (AvgIpc) is 2.86. The quantitative estimate of drug-likeness (QED) is 0.720. The fourth-order valence-corrected chi connectivity index (χ4v) is 2.36. The highest BCUT2D eigenvalue weighted by molar-refractivity contribution is 5.84. The number of benzene rings is 2. The van der Waals surface area contributed by atoms with Crippen LogP contribution in [0, 0.1) is 13.8 Å². The second-order valence-corrected chi connectivity index (χ2v) is 4.87. The largest absolute Gasteiger partial charge is 0.494 e. The minimum absolute atomic E-state index is 0.522. The molecule has 0 aliphatic heterocycles. The van der Waals surface area contributed by atoms with Gasteiger partial charge in [0.1, 0.15) is 5.75 Å². The number of nitrogens with zero attached hydrogens (tertiary/aromatic N) is 1. The molecule has 102 valence electrons. The number of methoxy groups -OCH3 is 1. The number of nitrogens with two attached hydrogens (primary N) is 1. The molecular weight excluding hydrogens is 252 g/mol. The number of aryl methyl sites for hydroxylation is 2. The highest BCUT2D eigenvalue weighted by Crippen LogP contribution is 2.34. The highest BCUT2D eigenvalue weighted by Gasteiger charge is 2.15. The minimum Gasteiger partial charge on any atom is -0.494 e. The van der Waals surface area contributed by atoms with E-state index in [-0.39, 0.29) is 0 Å². The Morgan fingerprint density at radius 2 is 2.00 bits per heavy atom. The molecule has 2 aromatic carbocycles. The fourth-order valence-electron chi connectivity index (χ4n) is 2.36. The molecule has 0 atom stereocenters. The van der Waals surface area contributed by atoms with Crippen LogP contribution in [0.3, 0.4) is 0 Å². The lowest BCUT2D eigenvalue weighted by Gasteiger charge is -2.06. The van der Waals surface area contributed by atoms with Crippen molar-refractivity contribution < 1.29 is 9.15 Å². The topological polar surface area (TPSA) is 61.3 Å². The molecule has 0 unspecified atom stereocenters. The molecule has 0 fully saturated rings. The number of ether oxygens (including phenoxy) is 1. The molecule has 0 aliphatic rings. The smallest absolute Gasteiger partial charge is 0.229 e. The Kier molecular flexibility index (Phi) is 2.86. The van der Waals surface area contributed by atoms with Gasteiger partial charge in [-0.15, -0.1) is 0 Å². The summed E-state index contributed by atoms with van der Waals surface area (Å²) in [5.41, 5.74) is 11.2. The first-order valence-corrected chi connectivity index (χ1v) is 6.41. The zero-order valence-electron chi connectivity index (χ0n) is 11.7. The van der Waals surface area contributed by atoms with Crippen molar-refractivity contribution in [1.82, 2.24) is 4.98 Å². The van der Waals surface area contributed by atoms with Crippen molar-refractivity contribution in [3.8, 4) is 17.2 Å². The van der Waals surface area contributed by atoms with E-state index in [1.165, 1.54) is 0 Å². The van der Waals surface area contributed by atoms with Gasteiger partial charge in [-0.05, 0) is 43.2 Å². The molecule has 2 N–H and O–H groups in total. The number of fused-ring (bicyclic) bond motifs is 1. The van der Waals surface area contributed by atoms with Crippen LogP contribution in [0.15, 0.2) is 34.7 Å². The van der Waals surface area contributed by atoms with Gasteiger partial charge < -0.3 is 14.9 Å². The minimum atomic E-state index is 0.522. The molecule has 4 heteroatoms. The summed E-state index contributed by atoms with van der Waals surface area (Å²) >= 11 is 0. The third-order valence-corrected chi connectivity index (χ3v) is 3.36. The Hall–Kier alpha value is -2.49. The van der Waals surface area contributed by atoms with Crippen LogP contribution >= 0.6 is 0 Å². The zero-order valence-corrected chi connectivity index (χ0v) is 11.7. The van der Waals surface area contributed by atoms with Gasteiger partial charge in [-0.2, -0.15) is 0 Å². The Labute approximate surface area is 117 Å². The number of anilines is 1. The summed E-state index contributed by atoms with van der Waals surface area (Å²) < 4.78 is 11.1. The molecule has 4 nitrogen and oxygen atoms in total. The number of rotatable bonds is 2. The lowest BCUT2D eigenvalue weighted by Crippen LogP contribution is -1.95. The third kappa shape index (κ3) is 1.90. The van der Waals surface area contributed by atoms with E-state index < -0.39 is 0 Å². The third-order valence-electron chi connectivity index (χ3n) is 3.36. The van der Waals surface area contributed by atoms with Crippen LogP contribution in [-0.2, 0) is 0 Å². The van der Waals surface area contributed by atoms with Crippen LogP contribution in [0.4, 0.5) is 5.69 Å². The summed E-state index contributed by atoms with van der Waals surface area (Å²) in [4.78, 5) is 4.53. The van der Waals surface area contributed by atoms with Crippen molar-refractivity contribution in [2.45, 2.75) is 13.8 Å². The van der Waals surface area contributed by atoms with E-state index in [0.717, 1.165) is 16.7 Å². The molecular formula is C16H16N2O2. The molecule has 1 heterocycles. The number of oxazole rings is 1. The van der Waals surface area contributed by atoms with Gasteiger partial charge in [0.25, 0.3) is 0 Å². The standard InChI is InChI=1S/C16H16N2O2/c1-9-7-10(2)14(17)11(8-9)16-18-15-12(19-3)5-4-6-13(15)20-16/h4-8H,17H2,1-3H3. The number of hydrogen-bond donors (Lipinski definition) is 1. The van der Waals surface area contributed by atoms with Crippen molar-refractivity contribution >= 4 is 16.8 Å². The van der Waals surface area contributed by atoms with Crippen molar-refractivity contribution in [2.24, 2.45) is 0 Å². The normalized spacial score (nSPS) is 10.9. The lowest BCUT2D eigenvalue weighted by atomic mass is 10.0. The summed E-state index contributed by atoms with van der Waals surface area (Å²) in [6.45, 7) is 4.01. The first-order valence-electron chi connectivity index (χ1n) is 6.41. The van der Waals surface area contributed by atoms with Crippen molar-refractivity contribution in [2.75, 3.05) is 12.8 Å². The van der Waals surface area contributed by atoms with Gasteiger partial charge in [-0.3, -0.25) is 0 Å². The second-order valence-electron chi connectivity index (χ2n) is 4.87. The van der Waals surface area contributed by atoms with Gasteiger partial charge in [0, 0.05) is 5.69 Å². The van der Waals surface area contributed by atoms with Gasteiger partial charge in [0.05, 0.1) is 12.7 Å². The summed E-state index contributed by atoms with van der Waals surface area (Å²) in [7, 11) is 1.62. The zero-order chi connectivity index (χ0) is 14.3. The molecule has 0 spiro atoms. The number of nitrogen functional groups attached to an aromatic ring is 1. The van der Waals surface area contributed by atoms with Gasteiger partial charge in [0.15, 0.2) is 11.1 Å². The molecule has 20 heavy (non-hydrogen) atoms. The molecule has 0 radical (unpaired) electrons. The van der Waals surface area contributed by atoms with Crippen LogP contribution in [0.1, 0.15) is 11.1 Å². The maximum Gasteiger partial charge on any atom is 0.229 e. The molecule has 1 aromatic heterocycles. The molecule has 3 aromatic rings. The predicted molar refractivity (Wildman–Crippen MR) is 79.9 cm³/mol. The highest BCUT2D eigenvalue weighted by atomic mass is 16.5. The van der Waals surface area contributed by atoms with E-state index in [9.17, 15) is 0 Å². The Morgan fingerprint density at radius 3 is 2.75 bits per heavy atom. The Bertz CT molecular complexity index is 791. The molecule has 0 saturated heterocycles. The molecule has 0 aliphatic carbocycles. The van der Waals surface area contributed by atoms with E-state index in [1.807, 2.05) is 44.2 Å². The van der Waals surface area contributed by atoms with Crippen LogP contribution in [0.5, 0.6) is 5.75 Å². The van der Waals surface area contributed by atoms with Crippen molar-refractivity contribution in [3.05, 3.63) is 41.5 Å². The monoisotopic (exact) mass is 268 g/mol. The molecule has 3 rings (SSSR count). The van der Waals surface area contributed by atoms with Crippen LogP contribution < -0.4 is 10.5 Å². The number of aromatic nitrogens is 1. The molecule has 0 saturated carbocycles. The van der Waals surface area contributed by atoms with Gasteiger partial charge in [-0.25, -0.2) is 4.98 Å². The fraction of sp³-hybridized carbons (Fsp3) is 0.188. The van der Waals surface area contributed by atoms with Crippen LogP contribution in [0.25, 0.3) is 22.6 Å². The summed E-state index contributed by atoms with van der Waals surface area (Å²) in [6, 6.07) is 9.63. The summed E-state index contributed by atoms with van der Waals surface area (Å²) in [5.74, 6) is 1.22. The lowest BCUT2D eigenvalue weighted by molar-refractivity contribution is 0.419. The SMILES string of the molecule is COc1cccc2oc(-c3cc(C)cc(C)c3N)nc12. The number of para-hydroxylation sites is 1. The van der Waals surface area contributed by atoms with E-state index in [0.29, 0.717) is 28.4 Å². The van der Waals surface area contributed by atoms with Gasteiger partial charge >= 0.3 is 0 Å². The van der Waals surface area contributed by atoms with Crippen molar-refractivity contribution in [1.29, 1.82) is 0 Å². The Morgan fingerprint density at radius 1 is 1.20 bits per heavy atom.